The average Bonchev–Trinajstić information content (AvgIpc) is 2.80. The van der Waals surface area contributed by atoms with Crippen molar-refractivity contribution in [2.45, 2.75) is 19.8 Å². The Hall–Kier alpha value is -1.23. The maximum Gasteiger partial charge on any atom is 0.162 e. The second-order valence-electron chi connectivity index (χ2n) is 4.07. The summed E-state index contributed by atoms with van der Waals surface area (Å²) in [5.74, 6) is 0.00155. The zero-order valence-corrected chi connectivity index (χ0v) is 11.3. The van der Waals surface area contributed by atoms with Crippen LogP contribution in [0.1, 0.15) is 30.1 Å². The second kappa shape index (κ2) is 5.40. The predicted octanol–water partition coefficient (Wildman–Crippen LogP) is 3.75. The number of benzene rings is 1. The smallest absolute Gasteiger partial charge is 0.162 e. The third-order valence-electron chi connectivity index (χ3n) is 2.70. The van der Waals surface area contributed by atoms with Gasteiger partial charge in [-0.15, -0.1) is 5.11 Å². The molecule has 0 unspecified atom stereocenters. The molecule has 0 saturated carbocycles. The highest BCUT2D eigenvalue weighted by Gasteiger charge is 2.10. The Balaban J connectivity index is 2.22. The first kappa shape index (κ1) is 12.2. The minimum absolute atomic E-state index is 0.00155. The molecule has 0 N–H and O–H groups in total. The Labute approximate surface area is 109 Å². The van der Waals surface area contributed by atoms with Crippen molar-refractivity contribution in [1.82, 2.24) is 5.01 Å². The lowest BCUT2D eigenvalue weighted by Crippen LogP contribution is -2.09. The number of nitrogens with zero attached hydrogens (tertiary/aromatic N) is 3. The Morgan fingerprint density at radius 1 is 1.35 bits per heavy atom. The van der Waals surface area contributed by atoms with Crippen molar-refractivity contribution < 1.29 is 4.79 Å². The Kier molecular flexibility index (Phi) is 3.89. The number of hydrogen-bond acceptors (Lipinski definition) is 3. The molecule has 17 heavy (non-hydrogen) atoms. The molecule has 4 nitrogen and oxygen atoms in total. The highest BCUT2D eigenvalue weighted by molar-refractivity contribution is 9.10. The van der Waals surface area contributed by atoms with Gasteiger partial charge >= 0.3 is 0 Å². The van der Waals surface area contributed by atoms with Crippen molar-refractivity contribution in [2.24, 2.45) is 10.3 Å². The predicted molar refractivity (Wildman–Crippen MR) is 69.5 cm³/mol. The van der Waals surface area contributed by atoms with E-state index in [1.165, 1.54) is 19.8 Å². The second-order valence-corrected chi connectivity index (χ2v) is 4.98. The first-order valence-electron chi connectivity index (χ1n) is 5.64. The van der Waals surface area contributed by atoms with E-state index in [0.717, 1.165) is 17.6 Å². The average molecular weight is 296 g/mol. The Bertz CT molecular complexity index is 453. The molecule has 1 aromatic rings. The third kappa shape index (κ3) is 3.12. The van der Waals surface area contributed by atoms with Crippen LogP contribution in [0.15, 0.2) is 33.0 Å². The number of halogens is 1. The largest absolute Gasteiger partial charge is 0.294 e. The minimum Gasteiger partial charge on any atom is -0.294 e. The van der Waals surface area contributed by atoms with Gasteiger partial charge in [0.2, 0.25) is 0 Å². The summed E-state index contributed by atoms with van der Waals surface area (Å²) >= 11 is 3.35. The minimum atomic E-state index is 0.00155. The summed E-state index contributed by atoms with van der Waals surface area (Å²) in [4.78, 5) is 11.5. The van der Waals surface area contributed by atoms with E-state index in [0.29, 0.717) is 11.3 Å². The molecular formula is C12H14BrN3O. The molecule has 0 radical (unpaired) electrons. The van der Waals surface area contributed by atoms with Gasteiger partial charge in [-0.05, 0) is 38.0 Å². The van der Waals surface area contributed by atoms with Gasteiger partial charge in [-0.1, -0.05) is 21.2 Å². The van der Waals surface area contributed by atoms with Crippen LogP contribution in [-0.4, -0.2) is 23.9 Å². The number of carbonyl (C=O) groups is 1. The number of hydrogen-bond donors (Lipinski definition) is 0. The maximum atomic E-state index is 11.5. The summed E-state index contributed by atoms with van der Waals surface area (Å²) in [5.41, 5.74) is 1.23. The quantitative estimate of drug-likeness (QED) is 0.630. The highest BCUT2D eigenvalue weighted by Crippen LogP contribution is 2.25. The van der Waals surface area contributed by atoms with E-state index in [1.54, 1.807) is 12.1 Å². The van der Waals surface area contributed by atoms with Gasteiger partial charge in [0.15, 0.2) is 5.78 Å². The van der Waals surface area contributed by atoms with E-state index in [9.17, 15) is 4.79 Å². The van der Waals surface area contributed by atoms with Crippen LogP contribution in [0.25, 0.3) is 0 Å². The zero-order valence-electron chi connectivity index (χ0n) is 9.69. The van der Waals surface area contributed by atoms with Crippen LogP contribution in [0.5, 0.6) is 0 Å². The fraction of sp³-hybridized carbons (Fsp3) is 0.417. The van der Waals surface area contributed by atoms with E-state index in [2.05, 4.69) is 26.3 Å². The van der Waals surface area contributed by atoms with Gasteiger partial charge in [-0.3, -0.25) is 9.80 Å². The van der Waals surface area contributed by atoms with Crippen LogP contribution in [-0.2, 0) is 0 Å². The molecule has 1 aromatic carbocycles. The van der Waals surface area contributed by atoms with Gasteiger partial charge in [0.05, 0.1) is 5.69 Å². The van der Waals surface area contributed by atoms with Gasteiger partial charge in [0.1, 0.15) is 0 Å². The first-order chi connectivity index (χ1) is 8.16. The highest BCUT2D eigenvalue weighted by atomic mass is 79.9. The summed E-state index contributed by atoms with van der Waals surface area (Å²) in [6.07, 6.45) is 2.33. The van der Waals surface area contributed by atoms with Gasteiger partial charge in [0, 0.05) is 23.1 Å². The van der Waals surface area contributed by atoms with Gasteiger partial charge < -0.3 is 0 Å². The molecule has 1 aliphatic rings. The molecule has 0 aliphatic carbocycles. The van der Waals surface area contributed by atoms with Gasteiger partial charge in [-0.25, -0.2) is 0 Å². The zero-order chi connectivity index (χ0) is 12.3. The molecule has 0 atom stereocenters. The molecule has 1 fully saturated rings. The summed E-state index contributed by atoms with van der Waals surface area (Å²) < 4.78 is 0.878. The van der Waals surface area contributed by atoms with Gasteiger partial charge in [-0.2, -0.15) is 0 Å². The fourth-order valence-electron chi connectivity index (χ4n) is 1.78. The molecule has 0 spiro atoms. The van der Waals surface area contributed by atoms with Crippen LogP contribution in [0.3, 0.4) is 0 Å². The van der Waals surface area contributed by atoms with Crippen molar-refractivity contribution in [1.29, 1.82) is 0 Å². The van der Waals surface area contributed by atoms with Gasteiger partial charge in [0.25, 0.3) is 0 Å². The van der Waals surface area contributed by atoms with Crippen molar-refractivity contribution in [3.63, 3.8) is 0 Å². The normalized spacial score (nSPS) is 15.8. The van der Waals surface area contributed by atoms with Crippen LogP contribution in [0.4, 0.5) is 5.69 Å². The molecule has 90 valence electrons. The van der Waals surface area contributed by atoms with Crippen molar-refractivity contribution in [3.8, 4) is 0 Å². The van der Waals surface area contributed by atoms with Crippen molar-refractivity contribution in [3.05, 3.63) is 28.2 Å². The third-order valence-corrected chi connectivity index (χ3v) is 3.19. The van der Waals surface area contributed by atoms with E-state index in [1.807, 2.05) is 11.1 Å². The first-order valence-corrected chi connectivity index (χ1v) is 6.43. The van der Waals surface area contributed by atoms with E-state index in [4.69, 9.17) is 0 Å². The summed E-state index contributed by atoms with van der Waals surface area (Å²) in [7, 11) is 0. The van der Waals surface area contributed by atoms with E-state index in [-0.39, 0.29) is 5.78 Å². The maximum absolute atomic E-state index is 11.5. The molecular weight excluding hydrogens is 282 g/mol. The van der Waals surface area contributed by atoms with Crippen molar-refractivity contribution in [2.75, 3.05) is 13.1 Å². The lowest BCUT2D eigenvalue weighted by Gasteiger charge is -2.08. The molecule has 2 rings (SSSR count). The lowest BCUT2D eigenvalue weighted by atomic mass is 10.1. The number of rotatable bonds is 3. The molecule has 1 heterocycles. The van der Waals surface area contributed by atoms with Crippen LogP contribution < -0.4 is 0 Å². The fourth-order valence-corrected chi connectivity index (χ4v) is 2.14. The van der Waals surface area contributed by atoms with Crippen LogP contribution >= 0.6 is 15.9 Å². The molecule has 0 amide bonds. The molecule has 1 saturated heterocycles. The number of Topliss-reactive ketones (excluding diaryl/α,β-unsaturated/α-hetero) is 1. The standard InChI is InChI=1S/C12H14BrN3O/c1-9(17)11-8-10(13)4-5-12(11)14-15-16-6-2-3-7-16/h4-5,8H,2-3,6-7H2,1H3/b15-14+. The number of carbonyl (C=O) groups excluding carboxylic acids is 1. The molecule has 0 aromatic heterocycles. The monoisotopic (exact) mass is 295 g/mol. The lowest BCUT2D eigenvalue weighted by molar-refractivity contribution is 0.101. The summed E-state index contributed by atoms with van der Waals surface area (Å²) in [5, 5.41) is 10.3. The van der Waals surface area contributed by atoms with E-state index >= 15 is 0 Å². The van der Waals surface area contributed by atoms with E-state index < -0.39 is 0 Å². The summed E-state index contributed by atoms with van der Waals surface area (Å²) in [6.45, 7) is 3.45. The van der Waals surface area contributed by atoms with Crippen LogP contribution in [0.2, 0.25) is 0 Å². The molecule has 1 aliphatic heterocycles. The Morgan fingerprint density at radius 2 is 2.06 bits per heavy atom. The number of ketones is 1. The molecule has 0 bridgehead atoms. The topological polar surface area (TPSA) is 45.0 Å². The van der Waals surface area contributed by atoms with Crippen molar-refractivity contribution >= 4 is 27.4 Å². The SMILES string of the molecule is CC(=O)c1cc(Br)ccc1/N=N/N1CCCC1. The Morgan fingerprint density at radius 3 is 2.71 bits per heavy atom. The summed E-state index contributed by atoms with van der Waals surface area (Å²) in [6, 6.07) is 5.45. The molecule has 5 heteroatoms. The van der Waals surface area contributed by atoms with Crippen LogP contribution in [0, 0.1) is 0 Å².